The van der Waals surface area contributed by atoms with Crippen molar-refractivity contribution in [1.82, 2.24) is 5.16 Å². The average Bonchev–Trinajstić information content (AvgIpc) is 2.59. The summed E-state index contributed by atoms with van der Waals surface area (Å²) in [6.45, 7) is -0.162. The first-order valence-corrected chi connectivity index (χ1v) is 5.40. The molecule has 0 atom stereocenters. The van der Waals surface area contributed by atoms with Gasteiger partial charge >= 0.3 is 0 Å². The van der Waals surface area contributed by atoms with Crippen LogP contribution in [0.15, 0.2) is 33.3 Å². The lowest BCUT2D eigenvalue weighted by molar-refractivity contribution is 0.266. The first-order chi connectivity index (χ1) is 7.22. The van der Waals surface area contributed by atoms with Gasteiger partial charge < -0.3 is 9.63 Å². The van der Waals surface area contributed by atoms with Crippen molar-refractivity contribution in [3.63, 3.8) is 0 Å². The van der Waals surface area contributed by atoms with E-state index in [1.54, 1.807) is 12.1 Å². The van der Waals surface area contributed by atoms with Crippen LogP contribution < -0.4 is 0 Å². The number of hydrogen-bond acceptors (Lipinski definition) is 3. The lowest BCUT2D eigenvalue weighted by atomic mass is 10.1. The summed E-state index contributed by atoms with van der Waals surface area (Å²) in [5.74, 6) is 0.571. The van der Waals surface area contributed by atoms with Gasteiger partial charge in [-0.3, -0.25) is 0 Å². The van der Waals surface area contributed by atoms with Gasteiger partial charge in [0.25, 0.3) is 0 Å². The van der Waals surface area contributed by atoms with E-state index in [9.17, 15) is 0 Å². The minimum absolute atomic E-state index is 0.162. The van der Waals surface area contributed by atoms with E-state index in [1.165, 1.54) is 0 Å². The Hall–Kier alpha value is -0.840. The van der Waals surface area contributed by atoms with Crippen LogP contribution in [-0.2, 0) is 6.61 Å². The van der Waals surface area contributed by atoms with E-state index in [-0.39, 0.29) is 6.61 Å². The molecule has 0 bridgehead atoms. The Balaban J connectivity index is 2.49. The molecule has 0 aliphatic heterocycles. The van der Waals surface area contributed by atoms with Crippen LogP contribution in [0.4, 0.5) is 0 Å². The molecule has 1 heterocycles. The van der Waals surface area contributed by atoms with E-state index in [1.807, 2.05) is 12.1 Å². The molecular weight excluding hydrogens is 281 g/mol. The Morgan fingerprint density at radius 2 is 2.27 bits per heavy atom. The van der Waals surface area contributed by atoms with Crippen molar-refractivity contribution in [3.8, 4) is 11.3 Å². The van der Waals surface area contributed by atoms with Crippen molar-refractivity contribution < 1.29 is 9.63 Å². The molecule has 0 aliphatic carbocycles. The maximum Gasteiger partial charge on any atom is 0.181 e. The smallest absolute Gasteiger partial charge is 0.181 e. The fourth-order valence-corrected chi connectivity index (χ4v) is 1.91. The molecular formula is C10H7BrClNO2. The van der Waals surface area contributed by atoms with Gasteiger partial charge in [0.2, 0.25) is 0 Å². The van der Waals surface area contributed by atoms with Gasteiger partial charge in [0.15, 0.2) is 5.76 Å². The van der Waals surface area contributed by atoms with Crippen LogP contribution in [0.5, 0.6) is 0 Å². The number of hydrogen-bond donors (Lipinski definition) is 1. The van der Waals surface area contributed by atoms with Gasteiger partial charge in [-0.2, -0.15) is 0 Å². The second-order valence-electron chi connectivity index (χ2n) is 2.94. The highest BCUT2D eigenvalue weighted by molar-refractivity contribution is 9.10. The molecule has 1 aromatic carbocycles. The van der Waals surface area contributed by atoms with E-state index in [0.29, 0.717) is 20.9 Å². The number of rotatable bonds is 2. The van der Waals surface area contributed by atoms with Gasteiger partial charge in [-0.25, -0.2) is 0 Å². The Labute approximate surface area is 99.8 Å². The number of halogens is 2. The highest BCUT2D eigenvalue weighted by Gasteiger charge is 2.14. The minimum atomic E-state index is -0.162. The first kappa shape index (κ1) is 10.7. The zero-order valence-corrected chi connectivity index (χ0v) is 9.92. The molecule has 15 heavy (non-hydrogen) atoms. The van der Waals surface area contributed by atoms with E-state index in [4.69, 9.17) is 21.2 Å². The molecule has 0 aliphatic rings. The van der Waals surface area contributed by atoms with Crippen LogP contribution in [0.1, 0.15) is 5.69 Å². The molecule has 1 N–H and O–H groups in total. The summed E-state index contributed by atoms with van der Waals surface area (Å²) in [5.41, 5.74) is 1.30. The van der Waals surface area contributed by atoms with Gasteiger partial charge in [-0.05, 0) is 28.1 Å². The zero-order chi connectivity index (χ0) is 10.8. The lowest BCUT2D eigenvalue weighted by Gasteiger charge is -1.97. The van der Waals surface area contributed by atoms with Crippen molar-refractivity contribution in [2.24, 2.45) is 0 Å². The molecule has 1 aromatic heterocycles. The van der Waals surface area contributed by atoms with Crippen LogP contribution in [0.2, 0.25) is 5.02 Å². The molecule has 0 amide bonds. The second-order valence-corrected chi connectivity index (χ2v) is 4.17. The Morgan fingerprint density at radius 3 is 2.87 bits per heavy atom. The summed E-state index contributed by atoms with van der Waals surface area (Å²) in [6.07, 6.45) is 0. The molecule has 2 rings (SSSR count). The van der Waals surface area contributed by atoms with Crippen LogP contribution in [0.3, 0.4) is 0 Å². The third-order valence-electron chi connectivity index (χ3n) is 1.94. The standard InChI is InChI=1S/C10H7BrClNO2/c11-9-8(5-14)13-15-10(9)6-2-1-3-7(12)4-6/h1-4,14H,5H2. The number of aromatic nitrogens is 1. The van der Waals surface area contributed by atoms with E-state index < -0.39 is 0 Å². The van der Waals surface area contributed by atoms with Gasteiger partial charge in [-0.15, -0.1) is 0 Å². The van der Waals surface area contributed by atoms with Crippen LogP contribution in [0, 0.1) is 0 Å². The number of aliphatic hydroxyl groups excluding tert-OH is 1. The topological polar surface area (TPSA) is 46.3 Å². The molecule has 0 saturated carbocycles. The zero-order valence-electron chi connectivity index (χ0n) is 7.58. The summed E-state index contributed by atoms with van der Waals surface area (Å²) in [7, 11) is 0. The molecule has 3 nitrogen and oxygen atoms in total. The largest absolute Gasteiger partial charge is 0.390 e. The molecule has 0 spiro atoms. The Morgan fingerprint density at radius 1 is 1.47 bits per heavy atom. The van der Waals surface area contributed by atoms with Crippen molar-refractivity contribution in [2.45, 2.75) is 6.61 Å². The number of benzene rings is 1. The summed E-state index contributed by atoms with van der Waals surface area (Å²) < 4.78 is 5.77. The van der Waals surface area contributed by atoms with E-state index in [0.717, 1.165) is 5.56 Å². The molecule has 2 aromatic rings. The third kappa shape index (κ3) is 2.07. The summed E-state index contributed by atoms with van der Waals surface area (Å²) >= 11 is 9.17. The monoisotopic (exact) mass is 287 g/mol. The minimum Gasteiger partial charge on any atom is -0.390 e. The second kappa shape index (κ2) is 4.35. The fraction of sp³-hybridized carbons (Fsp3) is 0.100. The quantitative estimate of drug-likeness (QED) is 0.922. The molecule has 0 radical (unpaired) electrons. The predicted molar refractivity (Wildman–Crippen MR) is 60.6 cm³/mol. The average molecular weight is 289 g/mol. The maximum atomic E-state index is 8.95. The van der Waals surface area contributed by atoms with Crippen molar-refractivity contribution in [3.05, 3.63) is 39.5 Å². The van der Waals surface area contributed by atoms with Crippen LogP contribution in [-0.4, -0.2) is 10.3 Å². The molecule has 0 saturated heterocycles. The van der Waals surface area contributed by atoms with Crippen molar-refractivity contribution in [2.75, 3.05) is 0 Å². The van der Waals surface area contributed by atoms with Gasteiger partial charge in [0, 0.05) is 10.6 Å². The Bertz CT molecular complexity index is 484. The highest BCUT2D eigenvalue weighted by Crippen LogP contribution is 2.32. The van der Waals surface area contributed by atoms with Gasteiger partial charge in [0.1, 0.15) is 5.69 Å². The van der Waals surface area contributed by atoms with E-state index in [2.05, 4.69) is 21.1 Å². The molecule has 78 valence electrons. The normalized spacial score (nSPS) is 10.6. The third-order valence-corrected chi connectivity index (χ3v) is 2.99. The van der Waals surface area contributed by atoms with Gasteiger partial charge in [-0.1, -0.05) is 28.9 Å². The Kier molecular flexibility index (Phi) is 3.09. The first-order valence-electron chi connectivity index (χ1n) is 4.23. The molecule has 0 unspecified atom stereocenters. The fourth-order valence-electron chi connectivity index (χ4n) is 1.22. The van der Waals surface area contributed by atoms with Crippen molar-refractivity contribution in [1.29, 1.82) is 0 Å². The summed E-state index contributed by atoms with van der Waals surface area (Å²) in [4.78, 5) is 0. The van der Waals surface area contributed by atoms with Crippen LogP contribution in [0.25, 0.3) is 11.3 Å². The van der Waals surface area contributed by atoms with E-state index >= 15 is 0 Å². The number of aliphatic hydroxyl groups is 1. The predicted octanol–water partition coefficient (Wildman–Crippen LogP) is 3.25. The molecule has 5 heteroatoms. The van der Waals surface area contributed by atoms with Crippen molar-refractivity contribution >= 4 is 27.5 Å². The maximum absolute atomic E-state index is 8.95. The molecule has 0 fully saturated rings. The summed E-state index contributed by atoms with van der Waals surface area (Å²) in [6, 6.07) is 7.24. The SMILES string of the molecule is OCc1noc(-c2cccc(Cl)c2)c1Br. The van der Waals surface area contributed by atoms with Crippen LogP contribution >= 0.6 is 27.5 Å². The number of nitrogens with zero attached hydrogens (tertiary/aromatic N) is 1. The lowest BCUT2D eigenvalue weighted by Crippen LogP contribution is -1.82. The van der Waals surface area contributed by atoms with Gasteiger partial charge in [0.05, 0.1) is 11.1 Å². The summed E-state index contributed by atoms with van der Waals surface area (Å²) in [5, 5.41) is 13.3. The highest BCUT2D eigenvalue weighted by atomic mass is 79.9.